The van der Waals surface area contributed by atoms with Crippen LogP contribution in [0, 0.1) is 0 Å². The van der Waals surface area contributed by atoms with E-state index in [0.29, 0.717) is 0 Å². The summed E-state index contributed by atoms with van der Waals surface area (Å²) in [6.07, 6.45) is 5.89. The molecule has 0 heterocycles. The molecule has 0 saturated carbocycles. The highest BCUT2D eigenvalue weighted by Crippen LogP contribution is 2.26. The summed E-state index contributed by atoms with van der Waals surface area (Å²) >= 11 is 3.43. The van der Waals surface area contributed by atoms with Gasteiger partial charge in [0.05, 0.1) is 6.04 Å². The Labute approximate surface area is 87.2 Å². The zero-order chi connectivity index (χ0) is 9.84. The number of ketones is 1. The van der Waals surface area contributed by atoms with Crippen LogP contribution >= 0.6 is 15.9 Å². The maximum Gasteiger partial charge on any atom is 0.146 e. The van der Waals surface area contributed by atoms with Crippen molar-refractivity contribution in [3.63, 3.8) is 0 Å². The third-order valence-electron chi connectivity index (χ3n) is 2.20. The van der Waals surface area contributed by atoms with Crippen LogP contribution in [0.1, 0.15) is 19.8 Å². The molecule has 0 aromatic carbocycles. The number of hydrogen-bond acceptors (Lipinski definition) is 2. The van der Waals surface area contributed by atoms with Gasteiger partial charge in [0.2, 0.25) is 0 Å². The summed E-state index contributed by atoms with van der Waals surface area (Å²) < 4.78 is 1.20. The number of carbonyl (C=O) groups excluding carboxylic acids is 1. The fraction of sp³-hybridized carbons (Fsp3) is 0.500. The lowest BCUT2D eigenvalue weighted by Gasteiger charge is -2.13. The minimum atomic E-state index is -0.0296. The zero-order valence-corrected chi connectivity index (χ0v) is 9.52. The van der Waals surface area contributed by atoms with Crippen LogP contribution in [0.5, 0.6) is 0 Å². The van der Waals surface area contributed by atoms with E-state index in [1.165, 1.54) is 10.1 Å². The Morgan fingerprint density at radius 2 is 2.38 bits per heavy atom. The second-order valence-electron chi connectivity index (χ2n) is 3.27. The standard InChI is InChI=1S/C10H14BrNO/c1-7(13)10(12-2)6-8-3-4-9(11)5-8/h3-4,10,12H,5-6H2,1-2H3/t10-/m1/s1. The lowest BCUT2D eigenvalue weighted by Crippen LogP contribution is -2.32. The third kappa shape index (κ3) is 3.08. The van der Waals surface area contributed by atoms with E-state index < -0.39 is 0 Å². The number of carbonyl (C=O) groups is 1. The number of halogens is 1. The van der Waals surface area contributed by atoms with Gasteiger partial charge >= 0.3 is 0 Å². The first-order valence-corrected chi connectivity index (χ1v) is 5.14. The first-order chi connectivity index (χ1) is 6.13. The summed E-state index contributed by atoms with van der Waals surface area (Å²) in [5.41, 5.74) is 1.31. The van der Waals surface area contributed by atoms with E-state index in [2.05, 4.69) is 27.3 Å². The van der Waals surface area contributed by atoms with Gasteiger partial charge in [-0.3, -0.25) is 4.79 Å². The Bertz CT molecular complexity index is 268. The lowest BCUT2D eigenvalue weighted by atomic mass is 10.0. The largest absolute Gasteiger partial charge is 0.310 e. The van der Waals surface area contributed by atoms with Crippen molar-refractivity contribution in [3.05, 3.63) is 22.2 Å². The molecule has 1 N–H and O–H groups in total. The molecule has 0 aromatic rings. The van der Waals surface area contributed by atoms with Crippen LogP contribution in [-0.4, -0.2) is 18.9 Å². The minimum Gasteiger partial charge on any atom is -0.310 e. The van der Waals surface area contributed by atoms with Gasteiger partial charge in [-0.05, 0) is 24.9 Å². The first kappa shape index (κ1) is 10.7. The van der Waals surface area contributed by atoms with Crippen LogP contribution in [0.25, 0.3) is 0 Å². The van der Waals surface area contributed by atoms with Gasteiger partial charge in [-0.2, -0.15) is 0 Å². The topological polar surface area (TPSA) is 29.1 Å². The average Bonchev–Trinajstić information content (AvgIpc) is 2.46. The summed E-state index contributed by atoms with van der Waals surface area (Å²) in [5, 5.41) is 3.01. The molecule has 0 spiro atoms. The summed E-state index contributed by atoms with van der Waals surface area (Å²) in [5.74, 6) is 0.200. The van der Waals surface area contributed by atoms with Gasteiger partial charge in [0, 0.05) is 6.42 Å². The van der Waals surface area contributed by atoms with Crippen LogP contribution in [0.15, 0.2) is 22.2 Å². The van der Waals surface area contributed by atoms with E-state index in [1.807, 2.05) is 13.1 Å². The van der Waals surface area contributed by atoms with Gasteiger partial charge in [-0.1, -0.05) is 33.7 Å². The van der Waals surface area contributed by atoms with Gasteiger partial charge in [-0.25, -0.2) is 0 Å². The molecule has 1 rings (SSSR count). The van der Waals surface area contributed by atoms with Gasteiger partial charge in [0.15, 0.2) is 0 Å². The molecule has 0 bridgehead atoms. The Morgan fingerprint density at radius 1 is 1.69 bits per heavy atom. The number of nitrogens with one attached hydrogen (secondary N) is 1. The van der Waals surface area contributed by atoms with Crippen molar-refractivity contribution in [3.8, 4) is 0 Å². The van der Waals surface area contributed by atoms with Crippen LogP contribution in [-0.2, 0) is 4.79 Å². The predicted molar refractivity (Wildman–Crippen MR) is 57.9 cm³/mol. The van der Waals surface area contributed by atoms with Gasteiger partial charge in [-0.15, -0.1) is 0 Å². The molecule has 0 unspecified atom stereocenters. The highest BCUT2D eigenvalue weighted by molar-refractivity contribution is 9.11. The molecule has 1 atom stereocenters. The monoisotopic (exact) mass is 243 g/mol. The molecule has 2 nitrogen and oxygen atoms in total. The molecule has 0 radical (unpaired) electrons. The van der Waals surface area contributed by atoms with Crippen molar-refractivity contribution in [2.75, 3.05) is 7.05 Å². The van der Waals surface area contributed by atoms with E-state index >= 15 is 0 Å². The molecule has 0 aliphatic heterocycles. The molecule has 3 heteroatoms. The Hall–Kier alpha value is -0.410. The Morgan fingerprint density at radius 3 is 2.77 bits per heavy atom. The molecule has 72 valence electrons. The normalized spacial score (nSPS) is 18.1. The Kier molecular flexibility index (Phi) is 3.88. The van der Waals surface area contributed by atoms with Crippen LogP contribution in [0.4, 0.5) is 0 Å². The number of hydrogen-bond donors (Lipinski definition) is 1. The van der Waals surface area contributed by atoms with Crippen LogP contribution in [0.3, 0.4) is 0 Å². The smallest absolute Gasteiger partial charge is 0.146 e. The predicted octanol–water partition coefficient (Wildman–Crippen LogP) is 2.16. The number of Topliss-reactive ketones (excluding diaryl/α,β-unsaturated/α-hetero) is 1. The van der Waals surface area contributed by atoms with Crippen molar-refractivity contribution in [2.45, 2.75) is 25.8 Å². The summed E-state index contributed by atoms with van der Waals surface area (Å²) in [7, 11) is 1.82. The Balaban J connectivity index is 2.45. The third-order valence-corrected chi connectivity index (χ3v) is 2.75. The molecule has 0 fully saturated rings. The number of allylic oxidation sites excluding steroid dienone is 3. The maximum absolute atomic E-state index is 11.1. The van der Waals surface area contributed by atoms with Gasteiger partial charge in [0.25, 0.3) is 0 Å². The van der Waals surface area contributed by atoms with Gasteiger partial charge in [0.1, 0.15) is 5.78 Å². The highest BCUT2D eigenvalue weighted by Gasteiger charge is 2.15. The minimum absolute atomic E-state index is 0.0296. The maximum atomic E-state index is 11.1. The zero-order valence-electron chi connectivity index (χ0n) is 7.93. The summed E-state index contributed by atoms with van der Waals surface area (Å²) in [6, 6.07) is -0.0296. The van der Waals surface area contributed by atoms with Crippen molar-refractivity contribution in [1.29, 1.82) is 0 Å². The van der Waals surface area contributed by atoms with Crippen LogP contribution < -0.4 is 5.32 Å². The highest BCUT2D eigenvalue weighted by atomic mass is 79.9. The lowest BCUT2D eigenvalue weighted by molar-refractivity contribution is -0.118. The second kappa shape index (κ2) is 4.72. The van der Waals surface area contributed by atoms with E-state index in [0.717, 1.165) is 12.8 Å². The van der Waals surface area contributed by atoms with Crippen LogP contribution in [0.2, 0.25) is 0 Å². The average molecular weight is 244 g/mol. The molecular weight excluding hydrogens is 230 g/mol. The molecule has 0 amide bonds. The van der Waals surface area contributed by atoms with Crippen molar-refractivity contribution >= 4 is 21.7 Å². The van der Waals surface area contributed by atoms with E-state index in [4.69, 9.17) is 0 Å². The first-order valence-electron chi connectivity index (χ1n) is 4.35. The number of likely N-dealkylation sites (N-methyl/N-ethyl adjacent to an activating group) is 1. The van der Waals surface area contributed by atoms with E-state index in [9.17, 15) is 4.79 Å². The summed E-state index contributed by atoms with van der Waals surface area (Å²) in [4.78, 5) is 11.1. The molecule has 0 saturated heterocycles. The van der Waals surface area contributed by atoms with Crippen molar-refractivity contribution in [2.24, 2.45) is 0 Å². The molecule has 0 aromatic heterocycles. The quantitative estimate of drug-likeness (QED) is 0.821. The molecule has 1 aliphatic rings. The molecule has 1 aliphatic carbocycles. The van der Waals surface area contributed by atoms with E-state index in [1.54, 1.807) is 6.92 Å². The number of rotatable bonds is 4. The molecule has 13 heavy (non-hydrogen) atoms. The summed E-state index contributed by atoms with van der Waals surface area (Å²) in [6.45, 7) is 1.62. The fourth-order valence-electron chi connectivity index (χ4n) is 1.39. The van der Waals surface area contributed by atoms with Gasteiger partial charge < -0.3 is 5.32 Å². The molecular formula is C10H14BrNO. The van der Waals surface area contributed by atoms with E-state index in [-0.39, 0.29) is 11.8 Å². The second-order valence-corrected chi connectivity index (χ2v) is 4.29. The van der Waals surface area contributed by atoms with Crippen molar-refractivity contribution < 1.29 is 4.79 Å². The SMILES string of the molecule is CN[C@H](CC1=CC=C(Br)C1)C(C)=O. The fourth-order valence-corrected chi connectivity index (χ4v) is 1.89. The van der Waals surface area contributed by atoms with Crippen molar-refractivity contribution in [1.82, 2.24) is 5.32 Å².